The van der Waals surface area contributed by atoms with E-state index < -0.39 is 0 Å². The maximum atomic E-state index is 4.09. The van der Waals surface area contributed by atoms with Crippen LogP contribution in [0.15, 0.2) is 12.8 Å². The molecule has 0 aliphatic rings. The molecule has 0 aliphatic carbocycles. The molecule has 0 saturated heterocycles. The summed E-state index contributed by atoms with van der Waals surface area (Å²) in [6.07, 6.45) is 7.15. The average Bonchev–Trinajstić information content (AvgIpc) is 2.49. The minimum Gasteiger partial charge on any atom is -0.377 e. The van der Waals surface area contributed by atoms with Gasteiger partial charge >= 0.3 is 0 Å². The molecule has 0 rings (SSSR count). The molecule has 0 saturated carbocycles. The van der Waals surface area contributed by atoms with Crippen LogP contribution in [-0.2, 0) is 0 Å². The van der Waals surface area contributed by atoms with Gasteiger partial charge in [0.2, 0.25) is 0 Å². The Balaban J connectivity index is 4.73. The van der Waals surface area contributed by atoms with Crippen molar-refractivity contribution < 1.29 is 0 Å². The number of nitrogens with zero attached hydrogens (tertiary/aromatic N) is 1. The van der Waals surface area contributed by atoms with Crippen molar-refractivity contribution in [2.24, 2.45) is 28.6 Å². The highest BCUT2D eigenvalue weighted by molar-refractivity contribution is 4.86. The lowest BCUT2D eigenvalue weighted by atomic mass is 9.76. The van der Waals surface area contributed by atoms with E-state index in [1.54, 1.807) is 0 Å². The summed E-state index contributed by atoms with van der Waals surface area (Å²) in [5.74, 6) is 2.29. The van der Waals surface area contributed by atoms with E-state index in [4.69, 9.17) is 0 Å². The second-order valence-corrected chi connectivity index (χ2v) is 10.0. The van der Waals surface area contributed by atoms with Gasteiger partial charge in [-0.05, 0) is 61.2 Å². The highest BCUT2D eigenvalue weighted by atomic mass is 15.1. The summed E-state index contributed by atoms with van der Waals surface area (Å²) in [6, 6.07) is 0. The van der Waals surface area contributed by atoms with Gasteiger partial charge in [0.15, 0.2) is 0 Å². The van der Waals surface area contributed by atoms with Crippen LogP contribution in [0.25, 0.3) is 0 Å². The van der Waals surface area contributed by atoms with Crippen LogP contribution >= 0.6 is 0 Å². The predicted molar refractivity (Wildman–Crippen MR) is 115 cm³/mol. The maximum Gasteiger partial charge on any atom is 0.0226 e. The Morgan fingerprint density at radius 1 is 1.08 bits per heavy atom. The van der Waals surface area contributed by atoms with Crippen molar-refractivity contribution in [1.82, 2.24) is 10.2 Å². The number of hydrogen-bond acceptors (Lipinski definition) is 2. The van der Waals surface area contributed by atoms with Gasteiger partial charge in [0.1, 0.15) is 0 Å². The molecule has 0 bridgehead atoms. The van der Waals surface area contributed by atoms with Crippen LogP contribution in [0.2, 0.25) is 0 Å². The third-order valence-electron chi connectivity index (χ3n) is 5.97. The molecule has 0 amide bonds. The molecule has 0 aliphatic heterocycles. The van der Waals surface area contributed by atoms with E-state index in [0.29, 0.717) is 16.7 Å². The minimum absolute atomic E-state index is 0.296. The fraction of sp³-hybridized carbons (Fsp3) is 0.913. The summed E-state index contributed by atoms with van der Waals surface area (Å²) < 4.78 is 0. The van der Waals surface area contributed by atoms with E-state index in [-0.39, 0.29) is 0 Å². The summed E-state index contributed by atoms with van der Waals surface area (Å²) in [6.45, 7) is 26.4. The highest BCUT2D eigenvalue weighted by Crippen LogP contribution is 2.33. The summed E-state index contributed by atoms with van der Waals surface area (Å²) in [4.78, 5) is 2.46. The lowest BCUT2D eigenvalue weighted by molar-refractivity contribution is 0.133. The zero-order valence-electron chi connectivity index (χ0n) is 18.9. The fourth-order valence-corrected chi connectivity index (χ4v) is 4.46. The van der Waals surface area contributed by atoms with Crippen molar-refractivity contribution in [3.05, 3.63) is 12.8 Å². The molecule has 1 N–H and O–H groups in total. The van der Waals surface area contributed by atoms with Gasteiger partial charge in [-0.15, -0.1) is 0 Å². The second kappa shape index (κ2) is 11.3. The van der Waals surface area contributed by atoms with Gasteiger partial charge in [0.25, 0.3) is 0 Å². The summed E-state index contributed by atoms with van der Waals surface area (Å²) in [7, 11) is 2.06. The number of nitrogens with one attached hydrogen (secondary N) is 1. The Bertz CT molecular complexity index is 354. The Kier molecular flexibility index (Phi) is 11.0. The topological polar surface area (TPSA) is 15.3 Å². The quantitative estimate of drug-likeness (QED) is 0.425. The van der Waals surface area contributed by atoms with E-state index in [1.807, 2.05) is 0 Å². The summed E-state index contributed by atoms with van der Waals surface area (Å²) >= 11 is 0. The van der Waals surface area contributed by atoms with Crippen LogP contribution in [0.5, 0.6) is 0 Å². The van der Waals surface area contributed by atoms with Crippen molar-refractivity contribution in [2.75, 3.05) is 26.7 Å². The smallest absolute Gasteiger partial charge is 0.0226 e. The normalized spacial score (nSPS) is 16.4. The molecule has 0 radical (unpaired) electrons. The molecule has 2 heteroatoms. The molecule has 2 nitrogen and oxygen atoms in total. The largest absolute Gasteiger partial charge is 0.377 e. The predicted octanol–water partition coefficient (Wildman–Crippen LogP) is 6.19. The number of hydrogen-bond donors (Lipinski definition) is 1. The van der Waals surface area contributed by atoms with Crippen LogP contribution in [0.1, 0.15) is 81.1 Å². The molecular formula is C23H48N2. The van der Waals surface area contributed by atoms with Crippen molar-refractivity contribution in [1.29, 1.82) is 0 Å². The Labute approximate surface area is 159 Å². The average molecular weight is 353 g/mol. The van der Waals surface area contributed by atoms with Gasteiger partial charge in [0, 0.05) is 13.1 Å². The van der Waals surface area contributed by atoms with Crippen LogP contribution < -0.4 is 5.32 Å². The molecule has 0 heterocycles. The first-order valence-electron chi connectivity index (χ1n) is 10.5. The van der Waals surface area contributed by atoms with Crippen LogP contribution in [0.4, 0.5) is 0 Å². The Hall–Kier alpha value is -0.500. The van der Waals surface area contributed by atoms with E-state index in [2.05, 4.69) is 85.4 Å². The molecule has 0 aromatic carbocycles. The van der Waals surface area contributed by atoms with Crippen LogP contribution in [0, 0.1) is 28.6 Å². The lowest BCUT2D eigenvalue weighted by Gasteiger charge is -2.39. The van der Waals surface area contributed by atoms with E-state index >= 15 is 0 Å². The second-order valence-electron chi connectivity index (χ2n) is 10.0. The van der Waals surface area contributed by atoms with Crippen LogP contribution in [0.3, 0.4) is 0 Å². The molecule has 3 atom stereocenters. The van der Waals surface area contributed by atoms with Gasteiger partial charge in [-0.1, -0.05) is 74.8 Å². The molecular weight excluding hydrogens is 304 g/mol. The van der Waals surface area contributed by atoms with Crippen molar-refractivity contribution in [3.8, 4) is 0 Å². The lowest BCUT2D eigenvalue weighted by Crippen LogP contribution is -2.40. The SMILES string of the molecule is C=CN(CCC(CC)C(C)CC(C)(C)C)CC(C)(C)C(CC)CNC. The highest BCUT2D eigenvalue weighted by Gasteiger charge is 2.29. The van der Waals surface area contributed by atoms with Gasteiger partial charge in [-0.2, -0.15) is 0 Å². The molecule has 3 unspecified atom stereocenters. The Morgan fingerprint density at radius 3 is 2.08 bits per heavy atom. The fourth-order valence-electron chi connectivity index (χ4n) is 4.46. The molecule has 0 aromatic heterocycles. The van der Waals surface area contributed by atoms with E-state index in [1.165, 1.54) is 25.7 Å². The molecule has 0 spiro atoms. The van der Waals surface area contributed by atoms with E-state index in [9.17, 15) is 0 Å². The van der Waals surface area contributed by atoms with Gasteiger partial charge in [0.05, 0.1) is 0 Å². The first-order valence-corrected chi connectivity index (χ1v) is 10.5. The van der Waals surface area contributed by atoms with Gasteiger partial charge in [-0.3, -0.25) is 0 Å². The summed E-state index contributed by atoms with van der Waals surface area (Å²) in [5, 5.41) is 3.37. The third kappa shape index (κ3) is 9.68. The maximum absolute atomic E-state index is 4.09. The van der Waals surface area contributed by atoms with Crippen molar-refractivity contribution in [2.45, 2.75) is 81.1 Å². The van der Waals surface area contributed by atoms with Crippen molar-refractivity contribution >= 4 is 0 Å². The van der Waals surface area contributed by atoms with Crippen LogP contribution in [-0.4, -0.2) is 31.6 Å². The van der Waals surface area contributed by atoms with Crippen molar-refractivity contribution in [3.63, 3.8) is 0 Å². The zero-order valence-corrected chi connectivity index (χ0v) is 18.9. The monoisotopic (exact) mass is 352 g/mol. The first kappa shape index (κ1) is 24.5. The van der Waals surface area contributed by atoms with Gasteiger partial charge < -0.3 is 10.2 Å². The zero-order chi connectivity index (χ0) is 19.7. The molecule has 0 aromatic rings. The molecule has 150 valence electrons. The Morgan fingerprint density at radius 2 is 1.68 bits per heavy atom. The molecule has 0 fully saturated rings. The third-order valence-corrected chi connectivity index (χ3v) is 5.97. The molecule has 25 heavy (non-hydrogen) atoms. The number of rotatable bonds is 13. The summed E-state index contributed by atoms with van der Waals surface area (Å²) in [5.41, 5.74) is 0.721. The standard InChI is InChI=1S/C23H48N2/c1-11-20(19(4)16-22(5,6)7)14-15-25(13-3)18-23(8,9)21(12-2)17-24-10/h13,19-21,24H,3,11-12,14-18H2,1-2,4-10H3. The van der Waals surface area contributed by atoms with E-state index in [0.717, 1.165) is 31.5 Å². The van der Waals surface area contributed by atoms with Gasteiger partial charge in [-0.25, -0.2) is 0 Å². The minimum atomic E-state index is 0.296. The first-order chi connectivity index (χ1) is 11.5.